The lowest BCUT2D eigenvalue weighted by molar-refractivity contribution is -0.140. The van der Waals surface area contributed by atoms with Gasteiger partial charge >= 0.3 is 6.09 Å². The van der Waals surface area contributed by atoms with Crippen LogP contribution in [0.3, 0.4) is 0 Å². The van der Waals surface area contributed by atoms with Gasteiger partial charge in [-0.25, -0.2) is 4.79 Å². The molecule has 0 spiro atoms. The zero-order valence-electron chi connectivity index (χ0n) is 27.3. The predicted octanol–water partition coefficient (Wildman–Crippen LogP) is 7.71. The Hall–Kier alpha value is -4.33. The molecule has 3 N–H and O–H groups in total. The van der Waals surface area contributed by atoms with Gasteiger partial charge in [-0.05, 0) is 69.0 Å². The second-order valence-electron chi connectivity index (χ2n) is 12.5. The number of ether oxygens (including phenoxy) is 1. The summed E-state index contributed by atoms with van der Waals surface area (Å²) >= 11 is 0. The molecule has 3 aromatic rings. The number of rotatable bonds is 15. The minimum atomic E-state index is -1.07. The van der Waals surface area contributed by atoms with Gasteiger partial charge in [0, 0.05) is 18.7 Å². The van der Waals surface area contributed by atoms with E-state index in [0.29, 0.717) is 17.7 Å². The maximum Gasteiger partial charge on any atom is 0.408 e. The molecule has 0 bridgehead atoms. The van der Waals surface area contributed by atoms with Crippen molar-refractivity contribution in [2.45, 2.75) is 97.2 Å². The minimum Gasteiger partial charge on any atom is -0.508 e. The van der Waals surface area contributed by atoms with E-state index in [1.807, 2.05) is 61.5 Å². The molecule has 0 saturated heterocycles. The minimum absolute atomic E-state index is 0.0131. The molecular weight excluding hydrogens is 566 g/mol. The van der Waals surface area contributed by atoms with Gasteiger partial charge in [-0.15, -0.1) is 0 Å². The van der Waals surface area contributed by atoms with Crippen LogP contribution in [-0.4, -0.2) is 46.1 Å². The SMILES string of the molecule is CCCCCCCCN(C(=O)C(Cc1ccccc1)NC(=O)OC(C)(C)C)C(C(=O)Nc1ccccc1C)c1cccc(O)c1. The van der Waals surface area contributed by atoms with Gasteiger partial charge < -0.3 is 25.4 Å². The van der Waals surface area contributed by atoms with Gasteiger partial charge in [0.15, 0.2) is 0 Å². The normalized spacial score (nSPS) is 12.6. The van der Waals surface area contributed by atoms with E-state index >= 15 is 0 Å². The molecule has 45 heavy (non-hydrogen) atoms. The molecule has 2 atom stereocenters. The van der Waals surface area contributed by atoms with Crippen LogP contribution in [0.1, 0.15) is 89.0 Å². The first-order chi connectivity index (χ1) is 21.5. The summed E-state index contributed by atoms with van der Waals surface area (Å²) in [5.41, 5.74) is 2.07. The van der Waals surface area contributed by atoms with Crippen molar-refractivity contribution < 1.29 is 24.2 Å². The number of benzene rings is 3. The molecule has 0 aliphatic heterocycles. The molecule has 0 aliphatic rings. The summed E-state index contributed by atoms with van der Waals surface area (Å²) in [7, 11) is 0. The molecule has 3 amide bonds. The van der Waals surface area contributed by atoms with E-state index < -0.39 is 35.6 Å². The lowest BCUT2D eigenvalue weighted by Crippen LogP contribution is -2.53. The van der Waals surface area contributed by atoms with Crippen molar-refractivity contribution in [2.75, 3.05) is 11.9 Å². The molecule has 8 nitrogen and oxygen atoms in total. The van der Waals surface area contributed by atoms with Crippen LogP contribution < -0.4 is 10.6 Å². The van der Waals surface area contributed by atoms with Crippen LogP contribution in [0, 0.1) is 6.92 Å². The maximum absolute atomic E-state index is 14.7. The Kier molecular flexibility index (Phi) is 13.5. The fourth-order valence-electron chi connectivity index (χ4n) is 5.21. The largest absolute Gasteiger partial charge is 0.508 e. The second kappa shape index (κ2) is 17.2. The number of aromatic hydroxyl groups is 1. The molecule has 242 valence electrons. The van der Waals surface area contributed by atoms with E-state index in [-0.39, 0.29) is 18.7 Å². The molecule has 3 aromatic carbocycles. The van der Waals surface area contributed by atoms with E-state index in [2.05, 4.69) is 17.6 Å². The highest BCUT2D eigenvalue weighted by Gasteiger charge is 2.36. The van der Waals surface area contributed by atoms with Gasteiger partial charge in [0.1, 0.15) is 23.4 Å². The predicted molar refractivity (Wildman–Crippen MR) is 179 cm³/mol. The van der Waals surface area contributed by atoms with Gasteiger partial charge in [-0.3, -0.25) is 9.59 Å². The number of alkyl carbamates (subject to hydrolysis) is 1. The highest BCUT2D eigenvalue weighted by Crippen LogP contribution is 2.28. The molecule has 0 radical (unpaired) electrons. The van der Waals surface area contributed by atoms with Gasteiger partial charge in [0.05, 0.1) is 0 Å². The first kappa shape index (κ1) is 35.2. The van der Waals surface area contributed by atoms with Gasteiger partial charge in [-0.1, -0.05) is 99.7 Å². The molecule has 3 rings (SSSR count). The quantitative estimate of drug-likeness (QED) is 0.152. The van der Waals surface area contributed by atoms with Crippen molar-refractivity contribution in [2.24, 2.45) is 0 Å². The monoisotopic (exact) mass is 615 g/mol. The van der Waals surface area contributed by atoms with Crippen molar-refractivity contribution >= 4 is 23.6 Å². The Balaban J connectivity index is 2.04. The number of hydrogen-bond acceptors (Lipinski definition) is 5. The summed E-state index contributed by atoms with van der Waals surface area (Å²) in [5.74, 6) is -0.836. The topological polar surface area (TPSA) is 108 Å². The zero-order chi connectivity index (χ0) is 32.8. The Labute approximate surface area is 268 Å². The Bertz CT molecular complexity index is 1390. The third kappa shape index (κ3) is 11.6. The average molecular weight is 616 g/mol. The number of nitrogens with one attached hydrogen (secondary N) is 2. The first-order valence-electron chi connectivity index (χ1n) is 16.0. The number of para-hydroxylation sites is 1. The molecule has 0 aromatic heterocycles. The summed E-state index contributed by atoms with van der Waals surface area (Å²) in [4.78, 5) is 43.4. The highest BCUT2D eigenvalue weighted by atomic mass is 16.6. The molecular formula is C37H49N3O5. The first-order valence-corrected chi connectivity index (χ1v) is 16.0. The fourth-order valence-corrected chi connectivity index (χ4v) is 5.21. The smallest absolute Gasteiger partial charge is 0.408 e. The number of carbonyl (C=O) groups is 3. The van der Waals surface area contributed by atoms with Crippen LogP contribution in [0.25, 0.3) is 0 Å². The third-order valence-electron chi connectivity index (χ3n) is 7.46. The lowest BCUT2D eigenvalue weighted by Gasteiger charge is -2.35. The standard InChI is InChI=1S/C37H49N3O5/c1-6-7-8-9-10-16-24-40(35(43)32(25-28-19-12-11-13-20-28)39-36(44)45-37(3,4)5)33(29-21-17-22-30(41)26-29)34(42)38-31-23-15-14-18-27(31)2/h11-15,17-23,26,32-33,41H,6-10,16,24-25H2,1-5H3,(H,38,42)(H,39,44). The third-order valence-corrected chi connectivity index (χ3v) is 7.46. The van der Waals surface area contributed by atoms with Crippen LogP contribution >= 0.6 is 0 Å². The molecule has 0 saturated carbocycles. The van der Waals surface area contributed by atoms with Gasteiger partial charge in [0.2, 0.25) is 5.91 Å². The summed E-state index contributed by atoms with van der Waals surface area (Å²) in [6, 6.07) is 21.2. The van der Waals surface area contributed by atoms with Crippen LogP contribution in [0.15, 0.2) is 78.9 Å². The number of amides is 3. The summed E-state index contributed by atoms with van der Waals surface area (Å²) < 4.78 is 5.54. The molecule has 2 unspecified atom stereocenters. The van der Waals surface area contributed by atoms with Crippen LogP contribution in [0.5, 0.6) is 5.75 Å². The Morgan fingerprint density at radius 3 is 2.20 bits per heavy atom. The summed E-state index contributed by atoms with van der Waals surface area (Å²) in [5, 5.41) is 16.2. The van der Waals surface area contributed by atoms with Crippen molar-refractivity contribution in [1.82, 2.24) is 10.2 Å². The van der Waals surface area contributed by atoms with E-state index in [9.17, 15) is 19.5 Å². The number of unbranched alkanes of at least 4 members (excludes halogenated alkanes) is 5. The number of anilines is 1. The lowest BCUT2D eigenvalue weighted by atomic mass is 9.99. The number of nitrogens with zero attached hydrogens (tertiary/aromatic N) is 1. The number of carbonyl (C=O) groups excluding carboxylic acids is 3. The highest BCUT2D eigenvalue weighted by molar-refractivity contribution is 5.99. The van der Waals surface area contributed by atoms with Crippen molar-refractivity contribution in [1.29, 1.82) is 0 Å². The van der Waals surface area contributed by atoms with E-state index in [4.69, 9.17) is 4.74 Å². The van der Waals surface area contributed by atoms with Crippen molar-refractivity contribution in [3.63, 3.8) is 0 Å². The number of phenols is 1. The van der Waals surface area contributed by atoms with Gasteiger partial charge in [-0.2, -0.15) is 0 Å². The number of hydrogen-bond donors (Lipinski definition) is 3. The molecule has 0 aliphatic carbocycles. The Morgan fingerprint density at radius 2 is 1.53 bits per heavy atom. The molecule has 0 heterocycles. The molecule has 0 fully saturated rings. The summed E-state index contributed by atoms with van der Waals surface area (Å²) in [6.07, 6.45) is 5.45. The van der Waals surface area contributed by atoms with Crippen LogP contribution in [-0.2, 0) is 20.7 Å². The zero-order valence-corrected chi connectivity index (χ0v) is 27.3. The summed E-state index contributed by atoms with van der Waals surface area (Å²) in [6.45, 7) is 9.64. The Morgan fingerprint density at radius 1 is 0.867 bits per heavy atom. The number of aryl methyl sites for hydroxylation is 1. The van der Waals surface area contributed by atoms with E-state index in [1.165, 1.54) is 12.1 Å². The van der Waals surface area contributed by atoms with Crippen molar-refractivity contribution in [3.05, 3.63) is 95.6 Å². The average Bonchev–Trinajstić information content (AvgIpc) is 2.98. The number of phenolic OH excluding ortho intramolecular Hbond substituents is 1. The molecule has 8 heteroatoms. The van der Waals surface area contributed by atoms with Crippen LogP contribution in [0.4, 0.5) is 10.5 Å². The fraction of sp³-hybridized carbons (Fsp3) is 0.432. The second-order valence-corrected chi connectivity index (χ2v) is 12.5. The van der Waals surface area contributed by atoms with Gasteiger partial charge in [0.25, 0.3) is 5.91 Å². The maximum atomic E-state index is 14.7. The van der Waals surface area contributed by atoms with Crippen molar-refractivity contribution in [3.8, 4) is 5.75 Å². The van der Waals surface area contributed by atoms with E-state index in [1.54, 1.807) is 37.8 Å². The van der Waals surface area contributed by atoms with E-state index in [0.717, 1.165) is 43.2 Å². The van der Waals surface area contributed by atoms with Crippen LogP contribution in [0.2, 0.25) is 0 Å².